The number of nitrogens with zero attached hydrogens (tertiary/aromatic N) is 3. The van der Waals surface area contributed by atoms with Crippen LogP contribution in [0.5, 0.6) is 11.5 Å². The molecule has 0 atom stereocenters. The van der Waals surface area contributed by atoms with Crippen LogP contribution in [0, 0.1) is 11.3 Å². The zero-order valence-electron chi connectivity index (χ0n) is 13.4. The number of aryl methyl sites for hydroxylation is 1. The molecule has 1 aromatic carbocycles. The normalized spacial score (nSPS) is 9.96. The molecule has 0 fully saturated rings. The van der Waals surface area contributed by atoms with Crippen LogP contribution in [0.2, 0.25) is 0 Å². The Morgan fingerprint density at radius 3 is 2.78 bits per heavy atom. The van der Waals surface area contributed by atoms with Crippen molar-refractivity contribution in [2.45, 2.75) is 19.8 Å². The van der Waals surface area contributed by atoms with Crippen LogP contribution in [0.3, 0.4) is 0 Å². The molecule has 0 aliphatic carbocycles. The monoisotopic (exact) mass is 312 g/mol. The Kier molecular flexibility index (Phi) is 6.18. The lowest BCUT2D eigenvalue weighted by atomic mass is 10.1. The Hall–Kier alpha value is -2.81. The van der Waals surface area contributed by atoms with Gasteiger partial charge in [0.2, 0.25) is 0 Å². The summed E-state index contributed by atoms with van der Waals surface area (Å²) in [6, 6.07) is 7.98. The van der Waals surface area contributed by atoms with E-state index in [0.29, 0.717) is 24.7 Å². The van der Waals surface area contributed by atoms with Crippen molar-refractivity contribution in [1.29, 1.82) is 5.26 Å². The predicted octanol–water partition coefficient (Wildman–Crippen LogP) is 2.80. The van der Waals surface area contributed by atoms with E-state index in [2.05, 4.69) is 15.3 Å². The van der Waals surface area contributed by atoms with Crippen LogP contribution in [0.4, 0.5) is 5.82 Å². The van der Waals surface area contributed by atoms with Crippen molar-refractivity contribution in [3.05, 3.63) is 41.9 Å². The van der Waals surface area contributed by atoms with Gasteiger partial charge < -0.3 is 14.8 Å². The predicted molar refractivity (Wildman–Crippen MR) is 87.7 cm³/mol. The summed E-state index contributed by atoms with van der Waals surface area (Å²) in [5.41, 5.74) is 1.49. The molecule has 0 bridgehead atoms. The highest BCUT2D eigenvalue weighted by Crippen LogP contribution is 2.28. The van der Waals surface area contributed by atoms with Crippen LogP contribution in [0.15, 0.2) is 30.6 Å². The number of ether oxygens (including phenoxy) is 2. The molecule has 0 amide bonds. The molecule has 0 aliphatic heterocycles. The smallest absolute Gasteiger partial charge is 0.182 e. The SMILES string of the molecule is CCOc1cc(CCCNc2nccnc2C#N)ccc1OC. The van der Waals surface area contributed by atoms with Crippen LogP contribution in [-0.4, -0.2) is 30.2 Å². The molecule has 1 heterocycles. The Morgan fingerprint density at radius 1 is 1.22 bits per heavy atom. The molecule has 0 aliphatic rings. The van der Waals surface area contributed by atoms with Crippen molar-refractivity contribution in [1.82, 2.24) is 9.97 Å². The lowest BCUT2D eigenvalue weighted by Gasteiger charge is -2.11. The Balaban J connectivity index is 1.89. The molecule has 6 heteroatoms. The van der Waals surface area contributed by atoms with Gasteiger partial charge in [0, 0.05) is 18.9 Å². The lowest BCUT2D eigenvalue weighted by molar-refractivity contribution is 0.310. The summed E-state index contributed by atoms with van der Waals surface area (Å²) < 4.78 is 10.9. The molecule has 0 radical (unpaired) electrons. The van der Waals surface area contributed by atoms with E-state index in [4.69, 9.17) is 14.7 Å². The second kappa shape index (κ2) is 8.59. The molecule has 120 valence electrons. The van der Waals surface area contributed by atoms with E-state index < -0.39 is 0 Å². The molecule has 2 aromatic rings. The van der Waals surface area contributed by atoms with Gasteiger partial charge in [-0.2, -0.15) is 5.26 Å². The van der Waals surface area contributed by atoms with Crippen LogP contribution in [0.1, 0.15) is 24.6 Å². The maximum Gasteiger partial charge on any atom is 0.182 e. The first kappa shape index (κ1) is 16.6. The second-order valence-electron chi connectivity index (χ2n) is 4.81. The van der Waals surface area contributed by atoms with Gasteiger partial charge in [0.25, 0.3) is 0 Å². The fourth-order valence-corrected chi connectivity index (χ4v) is 2.19. The zero-order chi connectivity index (χ0) is 16.5. The van der Waals surface area contributed by atoms with Gasteiger partial charge in [-0.1, -0.05) is 6.07 Å². The molecule has 2 rings (SSSR count). The fraction of sp³-hybridized carbons (Fsp3) is 0.353. The number of anilines is 1. The summed E-state index contributed by atoms with van der Waals surface area (Å²) in [4.78, 5) is 8.09. The number of benzene rings is 1. The van der Waals surface area contributed by atoms with Gasteiger partial charge in [0.1, 0.15) is 6.07 Å². The number of nitrogens with one attached hydrogen (secondary N) is 1. The number of rotatable bonds is 8. The molecule has 0 saturated heterocycles. The Bertz CT molecular complexity index is 683. The first-order valence-corrected chi connectivity index (χ1v) is 7.53. The number of aromatic nitrogens is 2. The average molecular weight is 312 g/mol. The molecule has 1 N–H and O–H groups in total. The first-order chi connectivity index (χ1) is 11.3. The van der Waals surface area contributed by atoms with Crippen molar-refractivity contribution in [2.75, 3.05) is 25.6 Å². The van der Waals surface area contributed by atoms with Gasteiger partial charge in [-0.05, 0) is 37.5 Å². The van der Waals surface area contributed by atoms with Crippen LogP contribution >= 0.6 is 0 Å². The summed E-state index contributed by atoms with van der Waals surface area (Å²) in [7, 11) is 1.63. The molecule has 0 spiro atoms. The molecule has 1 aromatic heterocycles. The van der Waals surface area contributed by atoms with Crippen LogP contribution in [0.25, 0.3) is 0 Å². The molecular weight excluding hydrogens is 292 g/mol. The van der Waals surface area contributed by atoms with Gasteiger partial charge >= 0.3 is 0 Å². The lowest BCUT2D eigenvalue weighted by Crippen LogP contribution is -2.07. The average Bonchev–Trinajstić information content (AvgIpc) is 2.59. The van der Waals surface area contributed by atoms with Crippen LogP contribution in [-0.2, 0) is 6.42 Å². The third kappa shape index (κ3) is 4.58. The van der Waals surface area contributed by atoms with Gasteiger partial charge in [-0.15, -0.1) is 0 Å². The highest BCUT2D eigenvalue weighted by molar-refractivity contribution is 5.46. The van der Waals surface area contributed by atoms with Gasteiger partial charge in [0.15, 0.2) is 23.0 Å². The van der Waals surface area contributed by atoms with Crippen molar-refractivity contribution in [2.24, 2.45) is 0 Å². The quantitative estimate of drug-likeness (QED) is 0.755. The summed E-state index contributed by atoms with van der Waals surface area (Å²) >= 11 is 0. The van der Waals surface area contributed by atoms with E-state index in [0.717, 1.165) is 24.3 Å². The highest BCUT2D eigenvalue weighted by atomic mass is 16.5. The molecule has 0 unspecified atom stereocenters. The van der Waals surface area contributed by atoms with Crippen molar-refractivity contribution in [3.63, 3.8) is 0 Å². The molecule has 6 nitrogen and oxygen atoms in total. The highest BCUT2D eigenvalue weighted by Gasteiger charge is 2.06. The van der Waals surface area contributed by atoms with E-state index in [1.165, 1.54) is 11.8 Å². The van der Waals surface area contributed by atoms with E-state index in [-0.39, 0.29) is 0 Å². The minimum atomic E-state index is 0.315. The zero-order valence-corrected chi connectivity index (χ0v) is 13.4. The number of nitriles is 1. The summed E-state index contributed by atoms with van der Waals surface area (Å²) in [6.45, 7) is 3.26. The summed E-state index contributed by atoms with van der Waals surface area (Å²) in [5.74, 6) is 2.04. The number of methoxy groups -OCH3 is 1. The largest absolute Gasteiger partial charge is 0.493 e. The Labute approximate surface area is 136 Å². The minimum absolute atomic E-state index is 0.315. The first-order valence-electron chi connectivity index (χ1n) is 7.53. The van der Waals surface area contributed by atoms with Gasteiger partial charge in [-0.25, -0.2) is 9.97 Å². The van der Waals surface area contributed by atoms with Crippen molar-refractivity contribution >= 4 is 5.82 Å². The van der Waals surface area contributed by atoms with E-state index in [1.54, 1.807) is 13.3 Å². The molecule has 0 saturated carbocycles. The molecule has 23 heavy (non-hydrogen) atoms. The standard InChI is InChI=1S/C17H20N4O2/c1-3-23-16-11-13(6-7-15(16)22-2)5-4-8-20-17-14(12-18)19-9-10-21-17/h6-7,9-11H,3-5,8H2,1-2H3,(H,20,21). The molecular formula is C17H20N4O2. The van der Waals surface area contributed by atoms with E-state index >= 15 is 0 Å². The van der Waals surface area contributed by atoms with Crippen LogP contribution < -0.4 is 14.8 Å². The Morgan fingerprint density at radius 2 is 2.04 bits per heavy atom. The second-order valence-corrected chi connectivity index (χ2v) is 4.81. The summed E-state index contributed by atoms with van der Waals surface area (Å²) in [6.07, 6.45) is 4.87. The van der Waals surface area contributed by atoms with Gasteiger partial charge in [-0.3, -0.25) is 0 Å². The number of hydrogen-bond acceptors (Lipinski definition) is 6. The topological polar surface area (TPSA) is 80.1 Å². The third-order valence-electron chi connectivity index (χ3n) is 3.27. The fourth-order valence-electron chi connectivity index (χ4n) is 2.19. The maximum atomic E-state index is 8.97. The third-order valence-corrected chi connectivity index (χ3v) is 3.27. The van der Waals surface area contributed by atoms with E-state index in [9.17, 15) is 0 Å². The number of hydrogen-bond donors (Lipinski definition) is 1. The van der Waals surface area contributed by atoms with Crippen molar-refractivity contribution < 1.29 is 9.47 Å². The maximum absolute atomic E-state index is 8.97. The minimum Gasteiger partial charge on any atom is -0.493 e. The van der Waals surface area contributed by atoms with E-state index in [1.807, 2.05) is 31.2 Å². The van der Waals surface area contributed by atoms with Crippen molar-refractivity contribution in [3.8, 4) is 17.6 Å². The van der Waals surface area contributed by atoms with Gasteiger partial charge in [0.05, 0.1) is 13.7 Å². The summed E-state index contributed by atoms with van der Waals surface area (Å²) in [5, 5.41) is 12.1.